The molecule has 1 saturated heterocycles. The maximum atomic E-state index is 12.4. The molecule has 1 amide bonds. The van der Waals surface area contributed by atoms with E-state index in [1.54, 1.807) is 33.0 Å². The fourth-order valence-corrected chi connectivity index (χ4v) is 3.31. The van der Waals surface area contributed by atoms with Crippen LogP contribution in [0.4, 0.5) is 4.79 Å². The van der Waals surface area contributed by atoms with Crippen molar-refractivity contribution >= 4 is 13.7 Å². The second kappa shape index (κ2) is 7.75. The molecule has 24 heavy (non-hydrogen) atoms. The number of rotatable bonds is 6. The topological polar surface area (TPSA) is 48.0 Å². The average molecular weight is 331 g/mol. The second-order valence-electron chi connectivity index (χ2n) is 6.39. The summed E-state index contributed by atoms with van der Waals surface area (Å²) in [5.74, 6) is 1.67. The third kappa shape index (κ3) is 3.43. The van der Waals surface area contributed by atoms with E-state index >= 15 is 0 Å². The molecule has 0 N–H and O–H groups in total. The highest BCUT2D eigenvalue weighted by molar-refractivity contribution is 6.57. The van der Waals surface area contributed by atoms with Crippen LogP contribution in [0.3, 0.4) is 0 Å². The van der Waals surface area contributed by atoms with Crippen molar-refractivity contribution in [1.29, 1.82) is 0 Å². The van der Waals surface area contributed by atoms with Crippen LogP contribution < -0.4 is 9.47 Å². The highest BCUT2D eigenvalue weighted by Gasteiger charge is 2.45. The molecule has 2 rings (SSSR count). The molecule has 0 bridgehead atoms. The summed E-state index contributed by atoms with van der Waals surface area (Å²) in [6, 6.07) is 5.49. The maximum absolute atomic E-state index is 12.4. The molecule has 1 heterocycles. The molecular weight excluding hydrogens is 305 g/mol. The van der Waals surface area contributed by atoms with Crippen molar-refractivity contribution in [2.24, 2.45) is 5.92 Å². The van der Waals surface area contributed by atoms with Crippen molar-refractivity contribution in [3.63, 3.8) is 0 Å². The van der Waals surface area contributed by atoms with Gasteiger partial charge in [0.05, 0.1) is 31.9 Å². The van der Waals surface area contributed by atoms with Crippen LogP contribution in [0.15, 0.2) is 30.9 Å². The number of carbonyl (C=O) groups excluding carboxylic acids is 1. The summed E-state index contributed by atoms with van der Waals surface area (Å²) < 4.78 is 17.2. The van der Waals surface area contributed by atoms with Crippen LogP contribution in [0.2, 0.25) is 0 Å². The van der Waals surface area contributed by atoms with Gasteiger partial charge >= 0.3 is 0 Å². The van der Waals surface area contributed by atoms with Gasteiger partial charge in [-0.15, -0.1) is 6.58 Å². The number of hydrogen-bond acceptors (Lipinski definition) is 4. The van der Waals surface area contributed by atoms with Crippen LogP contribution in [0, 0.1) is 5.92 Å². The molecule has 3 atom stereocenters. The lowest BCUT2D eigenvalue weighted by Gasteiger charge is -2.30. The van der Waals surface area contributed by atoms with Crippen LogP contribution in [-0.4, -0.2) is 44.9 Å². The van der Waals surface area contributed by atoms with Gasteiger partial charge in [-0.1, -0.05) is 26.0 Å². The predicted octanol–water partition coefficient (Wildman–Crippen LogP) is 2.76. The zero-order chi connectivity index (χ0) is 17.9. The number of nitrogens with zero attached hydrogens (tertiary/aromatic N) is 1. The van der Waals surface area contributed by atoms with Crippen molar-refractivity contribution < 1.29 is 19.0 Å². The van der Waals surface area contributed by atoms with Gasteiger partial charge in [-0.2, -0.15) is 0 Å². The van der Waals surface area contributed by atoms with Gasteiger partial charge in [0.15, 0.2) is 12.0 Å². The molecule has 0 radical (unpaired) electrons. The fourth-order valence-electron chi connectivity index (χ4n) is 3.31. The quantitative estimate of drug-likeness (QED) is 0.594. The van der Waals surface area contributed by atoms with Crippen LogP contribution in [-0.2, 0) is 4.74 Å². The fraction of sp³-hybridized carbons (Fsp3) is 0.500. The minimum atomic E-state index is -0.555. The summed E-state index contributed by atoms with van der Waals surface area (Å²) in [5.41, 5.74) is 0.732. The molecule has 1 aliphatic rings. The van der Waals surface area contributed by atoms with Crippen molar-refractivity contribution in [1.82, 2.24) is 4.90 Å². The van der Waals surface area contributed by atoms with Gasteiger partial charge in [0, 0.05) is 0 Å². The first-order valence-electron chi connectivity index (χ1n) is 8.22. The molecule has 1 fully saturated rings. The van der Waals surface area contributed by atoms with Gasteiger partial charge in [0.25, 0.3) is 0 Å². The number of carbonyl (C=O) groups is 1. The van der Waals surface area contributed by atoms with E-state index in [4.69, 9.17) is 14.2 Å². The van der Waals surface area contributed by atoms with Gasteiger partial charge in [0.1, 0.15) is 11.5 Å². The van der Waals surface area contributed by atoms with Crippen LogP contribution in [0.25, 0.3) is 0 Å². The summed E-state index contributed by atoms with van der Waals surface area (Å²) in [5, 5.41) is 0. The third-order valence-electron chi connectivity index (χ3n) is 4.30. The van der Waals surface area contributed by atoms with E-state index in [1.807, 2.05) is 18.2 Å². The predicted molar refractivity (Wildman–Crippen MR) is 96.4 cm³/mol. The Kier molecular flexibility index (Phi) is 5.94. The Balaban J connectivity index is 2.53. The zero-order valence-corrected chi connectivity index (χ0v) is 15.1. The summed E-state index contributed by atoms with van der Waals surface area (Å²) in [7, 11) is 4.76. The normalized spacial score (nSPS) is 23.4. The van der Waals surface area contributed by atoms with Crippen LogP contribution in [0.5, 0.6) is 11.5 Å². The Morgan fingerprint density at radius 2 is 1.96 bits per heavy atom. The van der Waals surface area contributed by atoms with E-state index in [0.717, 1.165) is 12.0 Å². The van der Waals surface area contributed by atoms with E-state index < -0.39 is 6.23 Å². The molecular formula is C18H26BNO4. The molecule has 1 aromatic rings. The molecule has 5 nitrogen and oxygen atoms in total. The van der Waals surface area contributed by atoms with E-state index in [2.05, 4.69) is 20.4 Å². The van der Waals surface area contributed by atoms with Crippen molar-refractivity contribution in [3.8, 4) is 11.5 Å². The van der Waals surface area contributed by atoms with Crippen molar-refractivity contribution in [3.05, 3.63) is 36.4 Å². The summed E-state index contributed by atoms with van der Waals surface area (Å²) in [4.78, 5) is 14.2. The minimum absolute atomic E-state index is 0.0389. The van der Waals surface area contributed by atoms with Crippen LogP contribution in [0.1, 0.15) is 32.1 Å². The monoisotopic (exact) mass is 331 g/mol. The SMILES string of the molecule is BC(=O)N1C(c2c(OC)cccc2OC)O[C@@H](C=C)C1CC(C)C. The highest BCUT2D eigenvalue weighted by Crippen LogP contribution is 2.44. The molecule has 2 unspecified atom stereocenters. The summed E-state index contributed by atoms with van der Waals surface area (Å²) in [6.07, 6.45) is 1.83. The van der Waals surface area contributed by atoms with E-state index in [1.165, 1.54) is 0 Å². The lowest BCUT2D eigenvalue weighted by atomic mass is 9.95. The standard InChI is InChI=1S/C18H26BNO4/c1-6-13-12(10-11(2)3)20(18(19)21)17(24-13)16-14(22-4)8-7-9-15(16)23-5/h6-9,11-13,17H,1,10,19H2,2-5H3/t12?,13-,17?/m0/s1. The van der Waals surface area contributed by atoms with E-state index in [9.17, 15) is 4.79 Å². The summed E-state index contributed by atoms with van der Waals surface area (Å²) >= 11 is 0. The summed E-state index contributed by atoms with van der Waals surface area (Å²) in [6.45, 7) is 8.15. The van der Waals surface area contributed by atoms with E-state index in [-0.39, 0.29) is 18.0 Å². The molecule has 6 heteroatoms. The first kappa shape index (κ1) is 18.4. The zero-order valence-electron chi connectivity index (χ0n) is 15.1. The minimum Gasteiger partial charge on any atom is -0.496 e. The number of amides is 1. The van der Waals surface area contributed by atoms with Gasteiger partial charge in [-0.3, -0.25) is 4.79 Å². The molecule has 1 aliphatic heterocycles. The van der Waals surface area contributed by atoms with Gasteiger partial charge in [0.2, 0.25) is 7.85 Å². The lowest BCUT2D eigenvalue weighted by molar-refractivity contribution is 0.0272. The molecule has 130 valence electrons. The first-order chi connectivity index (χ1) is 11.4. The van der Waals surface area contributed by atoms with E-state index in [0.29, 0.717) is 17.4 Å². The number of ether oxygens (including phenoxy) is 3. The molecule has 1 aromatic carbocycles. The number of methoxy groups -OCH3 is 2. The Hall–Kier alpha value is -1.95. The number of benzene rings is 1. The molecule has 0 saturated carbocycles. The van der Waals surface area contributed by atoms with Gasteiger partial charge in [-0.05, 0) is 24.5 Å². The Morgan fingerprint density at radius 3 is 2.38 bits per heavy atom. The van der Waals surface area contributed by atoms with Crippen molar-refractivity contribution in [2.45, 2.75) is 38.6 Å². The molecule has 0 aliphatic carbocycles. The van der Waals surface area contributed by atoms with Crippen LogP contribution >= 0.6 is 0 Å². The smallest absolute Gasteiger partial charge is 0.216 e. The largest absolute Gasteiger partial charge is 0.496 e. The Morgan fingerprint density at radius 1 is 1.38 bits per heavy atom. The van der Waals surface area contributed by atoms with Gasteiger partial charge < -0.3 is 19.1 Å². The highest BCUT2D eigenvalue weighted by atomic mass is 16.5. The third-order valence-corrected chi connectivity index (χ3v) is 4.30. The van der Waals surface area contributed by atoms with Gasteiger partial charge in [-0.25, -0.2) is 0 Å². The lowest BCUT2D eigenvalue weighted by Crippen LogP contribution is -2.40. The number of hydrogen-bond donors (Lipinski definition) is 0. The van der Waals surface area contributed by atoms with Crippen molar-refractivity contribution in [2.75, 3.05) is 14.2 Å². The molecule has 0 aromatic heterocycles. The molecule has 0 spiro atoms. The second-order valence-corrected chi connectivity index (χ2v) is 6.39. The first-order valence-corrected chi connectivity index (χ1v) is 8.22. The average Bonchev–Trinajstić information content (AvgIpc) is 2.91. The maximum Gasteiger partial charge on any atom is 0.216 e. The Labute approximate surface area is 145 Å². The Bertz CT molecular complexity index is 582.